The average Bonchev–Trinajstić information content (AvgIpc) is 3.31. The van der Waals surface area contributed by atoms with Gasteiger partial charge in [-0.15, -0.1) is 0 Å². The van der Waals surface area contributed by atoms with Gasteiger partial charge in [-0.1, -0.05) is 17.8 Å². The molecule has 178 valence electrons. The van der Waals surface area contributed by atoms with Crippen LogP contribution >= 0.6 is 11.8 Å². The number of halogens is 1. The predicted octanol–water partition coefficient (Wildman–Crippen LogP) is 6.30. The van der Waals surface area contributed by atoms with E-state index in [2.05, 4.69) is 26.3 Å². The topological polar surface area (TPSA) is 87.7 Å². The molecule has 0 unspecified atom stereocenters. The van der Waals surface area contributed by atoms with Gasteiger partial charge < -0.3 is 10.3 Å². The van der Waals surface area contributed by atoms with Crippen molar-refractivity contribution in [3.8, 4) is 11.4 Å². The highest BCUT2D eigenvalue weighted by atomic mass is 32.2. The number of hydrogen-bond acceptors (Lipinski definition) is 5. The average molecular weight is 497 g/mol. The van der Waals surface area contributed by atoms with Gasteiger partial charge in [0.15, 0.2) is 5.78 Å². The maximum Gasteiger partial charge on any atom is 0.258 e. The van der Waals surface area contributed by atoms with Gasteiger partial charge in [0.2, 0.25) is 0 Å². The van der Waals surface area contributed by atoms with Gasteiger partial charge in [0.1, 0.15) is 16.7 Å². The molecule has 3 aromatic carbocycles. The normalized spacial score (nSPS) is 10.9. The van der Waals surface area contributed by atoms with Crippen LogP contribution in [0.2, 0.25) is 0 Å². The van der Waals surface area contributed by atoms with Crippen LogP contribution in [0.25, 0.3) is 22.4 Å². The number of hydrogen-bond donors (Lipinski definition) is 2. The van der Waals surface area contributed by atoms with E-state index in [9.17, 15) is 14.0 Å². The minimum Gasteiger partial charge on any atom is -0.338 e. The highest BCUT2D eigenvalue weighted by Gasteiger charge is 2.16. The SMILES string of the molecule is Cc1ccc2nc(-c3ccc(NC(=O)c4cccnc4SCC(=O)c4ccc(F)cc4)cc3)[nH]c2c1. The summed E-state index contributed by atoms with van der Waals surface area (Å²) in [5.41, 5.74) is 5.33. The summed E-state index contributed by atoms with van der Waals surface area (Å²) >= 11 is 1.17. The van der Waals surface area contributed by atoms with Crippen molar-refractivity contribution >= 4 is 40.2 Å². The number of H-pyrrole nitrogens is 1. The molecule has 5 aromatic rings. The zero-order valence-corrected chi connectivity index (χ0v) is 20.1. The third-order valence-electron chi connectivity index (χ3n) is 5.58. The van der Waals surface area contributed by atoms with Crippen LogP contribution in [0.15, 0.2) is 90.1 Å². The van der Waals surface area contributed by atoms with Crippen molar-refractivity contribution in [2.45, 2.75) is 11.9 Å². The van der Waals surface area contributed by atoms with Crippen LogP contribution in [0.3, 0.4) is 0 Å². The van der Waals surface area contributed by atoms with E-state index < -0.39 is 5.82 Å². The standard InChI is InChI=1S/C28H21FN4O2S/c1-17-4-13-23-24(15-17)33-26(32-23)19-7-11-21(12-8-19)31-27(35)22-3-2-14-30-28(22)36-16-25(34)18-5-9-20(29)10-6-18/h2-15H,16H2,1H3,(H,31,35)(H,32,33). The van der Waals surface area contributed by atoms with E-state index in [0.717, 1.165) is 28.0 Å². The Balaban J connectivity index is 1.27. The van der Waals surface area contributed by atoms with Crippen molar-refractivity contribution in [1.82, 2.24) is 15.0 Å². The van der Waals surface area contributed by atoms with Gasteiger partial charge in [0.05, 0.1) is 22.3 Å². The first-order valence-electron chi connectivity index (χ1n) is 11.2. The van der Waals surface area contributed by atoms with E-state index in [0.29, 0.717) is 21.8 Å². The van der Waals surface area contributed by atoms with Gasteiger partial charge in [-0.05, 0) is 85.3 Å². The maximum atomic E-state index is 13.1. The molecule has 6 nitrogen and oxygen atoms in total. The lowest BCUT2D eigenvalue weighted by molar-refractivity contribution is 0.101. The van der Waals surface area contributed by atoms with Gasteiger partial charge in [-0.2, -0.15) is 0 Å². The molecular formula is C28H21FN4O2S. The summed E-state index contributed by atoms with van der Waals surface area (Å²) in [6.07, 6.45) is 1.57. The first kappa shape index (κ1) is 23.4. The fourth-order valence-corrected chi connectivity index (χ4v) is 4.59. The van der Waals surface area contributed by atoms with Crippen LogP contribution in [0.5, 0.6) is 0 Å². The van der Waals surface area contributed by atoms with Crippen molar-refractivity contribution in [3.63, 3.8) is 0 Å². The Morgan fingerprint density at radius 1 is 1.00 bits per heavy atom. The molecule has 0 aliphatic carbocycles. The molecule has 0 saturated carbocycles. The molecule has 0 aliphatic rings. The summed E-state index contributed by atoms with van der Waals surface area (Å²) in [6.45, 7) is 2.03. The second-order valence-corrected chi connectivity index (χ2v) is 9.18. The molecule has 0 bridgehead atoms. The first-order valence-corrected chi connectivity index (χ1v) is 12.2. The van der Waals surface area contributed by atoms with Crippen LogP contribution in [0.4, 0.5) is 10.1 Å². The summed E-state index contributed by atoms with van der Waals surface area (Å²) in [6, 6.07) is 22.2. The number of carbonyl (C=O) groups is 2. The van der Waals surface area contributed by atoms with Gasteiger partial charge in [0.25, 0.3) is 5.91 Å². The number of ketones is 1. The number of nitrogens with one attached hydrogen (secondary N) is 2. The van der Waals surface area contributed by atoms with E-state index in [4.69, 9.17) is 0 Å². The van der Waals surface area contributed by atoms with Gasteiger partial charge in [-0.25, -0.2) is 14.4 Å². The Bertz CT molecular complexity index is 1560. The third kappa shape index (κ3) is 5.18. The summed E-state index contributed by atoms with van der Waals surface area (Å²) in [5, 5.41) is 3.33. The van der Waals surface area contributed by atoms with E-state index in [-0.39, 0.29) is 17.4 Å². The predicted molar refractivity (Wildman–Crippen MR) is 140 cm³/mol. The number of aromatic amines is 1. The van der Waals surface area contributed by atoms with Gasteiger partial charge >= 0.3 is 0 Å². The van der Waals surface area contributed by atoms with Crippen LogP contribution in [0.1, 0.15) is 26.3 Å². The number of rotatable bonds is 7. The number of benzene rings is 3. The molecule has 0 saturated heterocycles. The van der Waals surface area contributed by atoms with Crippen molar-refractivity contribution in [2.24, 2.45) is 0 Å². The van der Waals surface area contributed by atoms with E-state index >= 15 is 0 Å². The van der Waals surface area contributed by atoms with Crippen molar-refractivity contribution in [1.29, 1.82) is 0 Å². The lowest BCUT2D eigenvalue weighted by Crippen LogP contribution is -2.14. The first-order chi connectivity index (χ1) is 17.5. The van der Waals surface area contributed by atoms with Crippen LogP contribution in [-0.2, 0) is 0 Å². The summed E-state index contributed by atoms with van der Waals surface area (Å²) in [7, 11) is 0. The zero-order valence-electron chi connectivity index (χ0n) is 19.3. The molecule has 2 aromatic heterocycles. The molecule has 1 amide bonds. The van der Waals surface area contributed by atoms with Crippen molar-refractivity contribution < 1.29 is 14.0 Å². The second-order valence-electron chi connectivity index (χ2n) is 8.21. The Morgan fingerprint density at radius 3 is 2.56 bits per heavy atom. The van der Waals surface area contributed by atoms with E-state index in [1.165, 1.54) is 36.0 Å². The summed E-state index contributed by atoms with van der Waals surface area (Å²) in [4.78, 5) is 37.7. The number of fused-ring (bicyclic) bond motifs is 1. The molecule has 0 aliphatic heterocycles. The number of pyridine rings is 1. The lowest BCUT2D eigenvalue weighted by Gasteiger charge is -2.09. The number of thioether (sulfide) groups is 1. The number of aryl methyl sites for hydroxylation is 1. The van der Waals surface area contributed by atoms with Gasteiger partial charge in [-0.3, -0.25) is 9.59 Å². The van der Waals surface area contributed by atoms with E-state index in [1.54, 1.807) is 18.3 Å². The molecule has 2 N–H and O–H groups in total. The van der Waals surface area contributed by atoms with Crippen LogP contribution < -0.4 is 5.32 Å². The number of nitrogens with zero attached hydrogens (tertiary/aromatic N) is 2. The molecule has 0 fully saturated rings. The Hall–Kier alpha value is -4.30. The number of carbonyl (C=O) groups excluding carboxylic acids is 2. The minimum absolute atomic E-state index is 0.0780. The fourth-order valence-electron chi connectivity index (χ4n) is 3.70. The van der Waals surface area contributed by atoms with E-state index in [1.807, 2.05) is 43.3 Å². The highest BCUT2D eigenvalue weighted by Crippen LogP contribution is 2.25. The van der Waals surface area contributed by atoms with Gasteiger partial charge in [0, 0.05) is 23.0 Å². The largest absolute Gasteiger partial charge is 0.338 e. The number of aromatic nitrogens is 3. The monoisotopic (exact) mass is 496 g/mol. The number of Topliss-reactive ketones (excluding diaryl/α,β-unsaturated/α-hetero) is 1. The highest BCUT2D eigenvalue weighted by molar-refractivity contribution is 8.00. The maximum absolute atomic E-state index is 13.1. The van der Waals surface area contributed by atoms with Crippen LogP contribution in [-0.4, -0.2) is 32.4 Å². The quantitative estimate of drug-likeness (QED) is 0.204. The zero-order chi connectivity index (χ0) is 25.1. The molecule has 5 rings (SSSR count). The molecule has 8 heteroatoms. The van der Waals surface area contributed by atoms with Crippen molar-refractivity contribution in [3.05, 3.63) is 108 Å². The third-order valence-corrected chi connectivity index (χ3v) is 6.58. The minimum atomic E-state index is -0.399. The molecule has 0 radical (unpaired) electrons. The molecular weight excluding hydrogens is 475 g/mol. The van der Waals surface area contributed by atoms with Crippen molar-refractivity contribution in [2.75, 3.05) is 11.1 Å². The molecule has 0 spiro atoms. The molecule has 36 heavy (non-hydrogen) atoms. The number of imidazole rings is 1. The lowest BCUT2D eigenvalue weighted by atomic mass is 10.1. The number of anilines is 1. The summed E-state index contributed by atoms with van der Waals surface area (Å²) in [5.74, 6) is -0.0664. The molecule has 0 atom stereocenters. The Labute approximate surface area is 211 Å². The second kappa shape index (κ2) is 10.1. The smallest absolute Gasteiger partial charge is 0.258 e. The number of amides is 1. The molecule has 2 heterocycles. The summed E-state index contributed by atoms with van der Waals surface area (Å²) < 4.78 is 13.1. The fraction of sp³-hybridized carbons (Fsp3) is 0.0714. The van der Waals surface area contributed by atoms with Crippen LogP contribution in [0, 0.1) is 12.7 Å². The Kier molecular flexibility index (Phi) is 6.60. The Morgan fingerprint density at radius 2 is 1.78 bits per heavy atom.